The fourth-order valence-corrected chi connectivity index (χ4v) is 7.81. The van der Waals surface area contributed by atoms with Crippen molar-refractivity contribution in [3.8, 4) is 22.3 Å². The average molecular weight is 658 g/mol. The Morgan fingerprint density at radius 1 is 0.353 bits per heavy atom. The van der Waals surface area contributed by atoms with Crippen molar-refractivity contribution in [3.63, 3.8) is 0 Å². The normalized spacial score (nSPS) is 17.8. The summed E-state index contributed by atoms with van der Waals surface area (Å²) in [5, 5.41) is 19.0. The Kier molecular flexibility index (Phi) is 7.24. The van der Waals surface area contributed by atoms with Gasteiger partial charge in [0, 0.05) is 10.8 Å². The third-order valence-corrected chi connectivity index (χ3v) is 10.4. The van der Waals surface area contributed by atoms with E-state index in [2.05, 4.69) is 192 Å². The van der Waals surface area contributed by atoms with Gasteiger partial charge in [0.1, 0.15) is 11.2 Å². The van der Waals surface area contributed by atoms with Crippen LogP contribution in [0, 0.1) is 0 Å². The van der Waals surface area contributed by atoms with Crippen LogP contribution in [0.4, 0.5) is 0 Å². The number of hydrogen-bond donors (Lipinski definition) is 3. The predicted octanol–water partition coefficient (Wildman–Crippen LogP) is 11.4. The molecule has 0 spiro atoms. The second-order valence-corrected chi connectivity index (χ2v) is 13.5. The van der Waals surface area contributed by atoms with Gasteiger partial charge in [0.2, 0.25) is 0 Å². The van der Waals surface area contributed by atoms with Crippen LogP contribution in [0.1, 0.15) is 35.2 Å². The van der Waals surface area contributed by atoms with Crippen molar-refractivity contribution in [2.75, 3.05) is 0 Å². The van der Waals surface area contributed by atoms with E-state index in [0.717, 1.165) is 27.5 Å². The van der Waals surface area contributed by atoms with Gasteiger partial charge in [-0.1, -0.05) is 152 Å². The Morgan fingerprint density at radius 3 is 1.71 bits per heavy atom. The lowest BCUT2D eigenvalue weighted by molar-refractivity contribution is 0.204. The molecule has 0 radical (unpaired) electrons. The summed E-state index contributed by atoms with van der Waals surface area (Å²) in [7, 11) is 0. The number of benzene rings is 8. The van der Waals surface area contributed by atoms with E-state index in [1.807, 2.05) is 0 Å². The molecule has 0 amide bonds. The molecule has 1 aliphatic rings. The minimum atomic E-state index is -0.153. The molecule has 1 aromatic heterocycles. The molecule has 0 bridgehead atoms. The fraction of sp³-hybridized carbons (Fsp3) is 0.0638. The molecule has 3 unspecified atom stereocenters. The van der Waals surface area contributed by atoms with Gasteiger partial charge in [0.25, 0.3) is 0 Å². The van der Waals surface area contributed by atoms with E-state index in [0.29, 0.717) is 0 Å². The van der Waals surface area contributed by atoms with E-state index in [-0.39, 0.29) is 18.5 Å². The van der Waals surface area contributed by atoms with Gasteiger partial charge < -0.3 is 4.42 Å². The number of furan rings is 1. The zero-order valence-electron chi connectivity index (χ0n) is 27.9. The highest BCUT2D eigenvalue weighted by molar-refractivity contribution is 6.09. The SMILES string of the molecule is c1ccc(-c2ccc3oc4cccc(C5NC(c6ccccc6)NC(c6ccc(-c7ccc8ccc9ccccc9c8c7)cc6)N5)c4c3c2)cc1. The molecule has 8 aromatic carbocycles. The topological polar surface area (TPSA) is 49.2 Å². The quantitative estimate of drug-likeness (QED) is 0.161. The van der Waals surface area contributed by atoms with Gasteiger partial charge in [-0.2, -0.15) is 0 Å². The molecule has 3 atom stereocenters. The Labute approximate surface area is 296 Å². The second kappa shape index (κ2) is 12.4. The van der Waals surface area contributed by atoms with E-state index in [9.17, 15) is 0 Å². The highest BCUT2D eigenvalue weighted by Gasteiger charge is 2.31. The molecule has 1 saturated heterocycles. The first-order chi connectivity index (χ1) is 25.2. The van der Waals surface area contributed by atoms with Gasteiger partial charge in [-0.25, -0.2) is 0 Å². The maximum Gasteiger partial charge on any atom is 0.135 e. The van der Waals surface area contributed by atoms with Crippen molar-refractivity contribution in [1.82, 2.24) is 16.0 Å². The van der Waals surface area contributed by atoms with Gasteiger partial charge in [-0.15, -0.1) is 0 Å². The van der Waals surface area contributed by atoms with Gasteiger partial charge in [-0.3, -0.25) is 16.0 Å². The summed E-state index contributed by atoms with van der Waals surface area (Å²) in [5.74, 6) is 0. The maximum absolute atomic E-state index is 6.43. The molecule has 0 aliphatic carbocycles. The smallest absolute Gasteiger partial charge is 0.135 e. The highest BCUT2D eigenvalue weighted by atomic mass is 16.3. The molecule has 1 fully saturated rings. The summed E-state index contributed by atoms with van der Waals surface area (Å²) in [5.41, 5.74) is 10.1. The van der Waals surface area contributed by atoms with Crippen LogP contribution in [-0.2, 0) is 0 Å². The third-order valence-electron chi connectivity index (χ3n) is 10.4. The molecule has 3 N–H and O–H groups in total. The van der Waals surface area contributed by atoms with Crippen molar-refractivity contribution in [3.05, 3.63) is 193 Å². The molecule has 2 heterocycles. The summed E-state index contributed by atoms with van der Waals surface area (Å²) in [4.78, 5) is 0. The van der Waals surface area contributed by atoms with Crippen LogP contribution in [0.5, 0.6) is 0 Å². The monoisotopic (exact) mass is 657 g/mol. The summed E-state index contributed by atoms with van der Waals surface area (Å²) in [6.07, 6.45) is -0.340. The van der Waals surface area contributed by atoms with Gasteiger partial charge in [0.15, 0.2) is 0 Å². The van der Waals surface area contributed by atoms with Crippen LogP contribution >= 0.6 is 0 Å². The highest BCUT2D eigenvalue weighted by Crippen LogP contribution is 2.38. The number of hydrogen-bond acceptors (Lipinski definition) is 4. The molecular weight excluding hydrogens is 623 g/mol. The summed E-state index contributed by atoms with van der Waals surface area (Å²) in [6, 6.07) is 62.9. The van der Waals surface area contributed by atoms with E-state index in [1.165, 1.54) is 54.9 Å². The Bertz CT molecular complexity index is 2680. The zero-order valence-corrected chi connectivity index (χ0v) is 27.9. The summed E-state index contributed by atoms with van der Waals surface area (Å²) >= 11 is 0. The van der Waals surface area contributed by atoms with Gasteiger partial charge >= 0.3 is 0 Å². The molecule has 51 heavy (non-hydrogen) atoms. The zero-order chi connectivity index (χ0) is 33.7. The molecule has 0 saturated carbocycles. The van der Waals surface area contributed by atoms with Crippen LogP contribution in [0.3, 0.4) is 0 Å². The van der Waals surface area contributed by atoms with Crippen LogP contribution in [0.25, 0.3) is 65.7 Å². The lowest BCUT2D eigenvalue weighted by Crippen LogP contribution is -2.54. The van der Waals surface area contributed by atoms with Crippen LogP contribution in [0.2, 0.25) is 0 Å². The predicted molar refractivity (Wildman–Crippen MR) is 210 cm³/mol. The van der Waals surface area contributed by atoms with E-state index in [4.69, 9.17) is 4.42 Å². The lowest BCUT2D eigenvalue weighted by Gasteiger charge is -2.40. The standard InChI is InChI=1S/C47H35N3O/c1-3-10-30(11-4-1)37-26-27-42-41(29-37)44-39(16-9-17-43(44)51-42)47-49-45(34-13-5-2-6-14-34)48-46(50-47)35-23-18-31(19-24-35)36-25-22-33-21-20-32-12-7-8-15-38(32)40(33)28-36/h1-29,45-50H. The molecule has 1 aliphatic heterocycles. The van der Waals surface area contributed by atoms with Crippen LogP contribution in [0.15, 0.2) is 180 Å². The van der Waals surface area contributed by atoms with E-state index < -0.39 is 0 Å². The molecule has 10 rings (SSSR count). The van der Waals surface area contributed by atoms with Crippen molar-refractivity contribution in [2.24, 2.45) is 0 Å². The summed E-state index contributed by atoms with van der Waals surface area (Å²) in [6.45, 7) is 0. The molecule has 9 aromatic rings. The first kappa shape index (κ1) is 29.8. The molecule has 4 nitrogen and oxygen atoms in total. The first-order valence-corrected chi connectivity index (χ1v) is 17.6. The van der Waals surface area contributed by atoms with Gasteiger partial charge in [-0.05, 0) is 84.8 Å². The molecule has 4 heteroatoms. The molecule has 244 valence electrons. The maximum atomic E-state index is 6.43. The fourth-order valence-electron chi connectivity index (χ4n) is 7.81. The number of fused-ring (bicyclic) bond motifs is 6. The number of nitrogens with one attached hydrogen (secondary N) is 3. The average Bonchev–Trinajstić information content (AvgIpc) is 3.59. The van der Waals surface area contributed by atoms with E-state index in [1.54, 1.807) is 0 Å². The second-order valence-electron chi connectivity index (χ2n) is 13.5. The van der Waals surface area contributed by atoms with Crippen LogP contribution < -0.4 is 16.0 Å². The van der Waals surface area contributed by atoms with Gasteiger partial charge in [0.05, 0.1) is 18.5 Å². The number of rotatable bonds is 5. The van der Waals surface area contributed by atoms with Crippen LogP contribution in [-0.4, -0.2) is 0 Å². The van der Waals surface area contributed by atoms with Crippen molar-refractivity contribution < 1.29 is 4.42 Å². The van der Waals surface area contributed by atoms with Crippen molar-refractivity contribution >= 4 is 43.5 Å². The largest absolute Gasteiger partial charge is 0.456 e. The Hall–Kier alpha value is -6.04. The first-order valence-electron chi connectivity index (χ1n) is 17.6. The molecular formula is C47H35N3O. The lowest BCUT2D eigenvalue weighted by atomic mass is 9.96. The van der Waals surface area contributed by atoms with E-state index >= 15 is 0 Å². The Morgan fingerprint density at radius 2 is 0.922 bits per heavy atom. The third kappa shape index (κ3) is 5.38. The van der Waals surface area contributed by atoms with Crippen molar-refractivity contribution in [2.45, 2.75) is 18.5 Å². The minimum Gasteiger partial charge on any atom is -0.456 e. The minimum absolute atomic E-state index is 0.0794. The Balaban J connectivity index is 1.03. The summed E-state index contributed by atoms with van der Waals surface area (Å²) < 4.78 is 6.43. The van der Waals surface area contributed by atoms with Crippen molar-refractivity contribution in [1.29, 1.82) is 0 Å².